The summed E-state index contributed by atoms with van der Waals surface area (Å²) in [7, 11) is 0. The van der Waals surface area contributed by atoms with E-state index < -0.39 is 0 Å². The molecule has 0 radical (unpaired) electrons. The number of hydrogen-bond donors (Lipinski definition) is 0. The van der Waals surface area contributed by atoms with Gasteiger partial charge in [-0.15, -0.1) is 0 Å². The predicted molar refractivity (Wildman–Crippen MR) is 89.4 cm³/mol. The van der Waals surface area contributed by atoms with Gasteiger partial charge in [0.05, 0.1) is 11.4 Å². The molecule has 112 valence electrons. The van der Waals surface area contributed by atoms with Crippen molar-refractivity contribution in [3.05, 3.63) is 24.3 Å². The van der Waals surface area contributed by atoms with Crippen LogP contribution in [0.5, 0.6) is 0 Å². The third kappa shape index (κ3) is 3.23. The molecule has 1 aromatic rings. The number of nitrogens with zero attached hydrogens (tertiary/aromatic N) is 3. The Kier molecular flexibility index (Phi) is 4.48. The number of anilines is 1. The normalized spacial score (nSPS) is 21.4. The molecule has 4 nitrogen and oxygen atoms in total. The quantitative estimate of drug-likeness (QED) is 0.860. The Morgan fingerprint density at radius 1 is 1.14 bits per heavy atom. The molecule has 21 heavy (non-hydrogen) atoms. The smallest absolute Gasteiger partial charge is 0.239 e. The molecule has 2 aliphatic heterocycles. The second kappa shape index (κ2) is 6.52. The molecule has 5 heteroatoms. The highest BCUT2D eigenvalue weighted by atomic mass is 32.2. The van der Waals surface area contributed by atoms with E-state index in [0.29, 0.717) is 12.3 Å². The lowest BCUT2D eigenvalue weighted by Crippen LogP contribution is -2.29. The van der Waals surface area contributed by atoms with Crippen molar-refractivity contribution in [3.8, 4) is 0 Å². The zero-order chi connectivity index (χ0) is 14.7. The van der Waals surface area contributed by atoms with Gasteiger partial charge in [0, 0.05) is 25.3 Å². The van der Waals surface area contributed by atoms with Gasteiger partial charge in [-0.3, -0.25) is 9.69 Å². The monoisotopic (exact) mass is 303 g/mol. The number of carbonyl (C=O) groups is 1. The van der Waals surface area contributed by atoms with Gasteiger partial charge in [0.2, 0.25) is 5.91 Å². The molecule has 2 heterocycles. The van der Waals surface area contributed by atoms with Gasteiger partial charge < -0.3 is 4.90 Å². The van der Waals surface area contributed by atoms with Gasteiger partial charge in [0.15, 0.2) is 5.17 Å². The molecule has 2 fully saturated rings. The minimum absolute atomic E-state index is 0.159. The fraction of sp³-hybridized carbons (Fsp3) is 0.500. The molecule has 1 amide bonds. The van der Waals surface area contributed by atoms with Crippen LogP contribution in [-0.2, 0) is 4.79 Å². The summed E-state index contributed by atoms with van der Waals surface area (Å²) in [5.41, 5.74) is 2.20. The minimum atomic E-state index is 0.159. The first-order valence-electron chi connectivity index (χ1n) is 7.65. The van der Waals surface area contributed by atoms with Crippen LogP contribution in [0.25, 0.3) is 0 Å². The Bertz CT molecular complexity index is 535. The van der Waals surface area contributed by atoms with Gasteiger partial charge in [-0.2, -0.15) is 0 Å². The molecular weight excluding hydrogens is 282 g/mol. The highest BCUT2D eigenvalue weighted by Gasteiger charge is 2.26. The van der Waals surface area contributed by atoms with E-state index in [4.69, 9.17) is 0 Å². The number of carbonyl (C=O) groups excluding carboxylic acids is 1. The highest BCUT2D eigenvalue weighted by molar-refractivity contribution is 8.15. The molecule has 0 atom stereocenters. The SMILES string of the molecule is CCN1C(=O)CSC1=Nc1ccc(N2CCCCC2)cc1. The van der Waals surface area contributed by atoms with E-state index in [0.717, 1.165) is 23.9 Å². The number of piperidine rings is 1. The van der Waals surface area contributed by atoms with Crippen molar-refractivity contribution < 1.29 is 4.79 Å². The van der Waals surface area contributed by atoms with E-state index >= 15 is 0 Å². The Labute approximate surface area is 130 Å². The lowest BCUT2D eigenvalue weighted by atomic mass is 10.1. The number of thioether (sulfide) groups is 1. The predicted octanol–water partition coefficient (Wildman–Crippen LogP) is 3.26. The number of amides is 1. The van der Waals surface area contributed by atoms with Gasteiger partial charge in [-0.1, -0.05) is 11.8 Å². The van der Waals surface area contributed by atoms with Crippen molar-refractivity contribution in [2.45, 2.75) is 26.2 Å². The van der Waals surface area contributed by atoms with Crippen molar-refractivity contribution in [1.29, 1.82) is 0 Å². The molecule has 0 bridgehead atoms. The van der Waals surface area contributed by atoms with Gasteiger partial charge in [0.1, 0.15) is 0 Å². The summed E-state index contributed by atoms with van der Waals surface area (Å²) in [5, 5.41) is 0.827. The maximum absolute atomic E-state index is 11.7. The topological polar surface area (TPSA) is 35.9 Å². The van der Waals surface area contributed by atoms with Crippen LogP contribution in [0.4, 0.5) is 11.4 Å². The Morgan fingerprint density at radius 3 is 2.52 bits per heavy atom. The molecule has 0 aromatic heterocycles. The number of hydrogen-bond acceptors (Lipinski definition) is 4. The van der Waals surface area contributed by atoms with Crippen LogP contribution in [-0.4, -0.2) is 41.4 Å². The van der Waals surface area contributed by atoms with Gasteiger partial charge in [-0.05, 0) is 50.5 Å². The molecular formula is C16H21N3OS. The van der Waals surface area contributed by atoms with E-state index in [2.05, 4.69) is 22.0 Å². The first-order chi connectivity index (χ1) is 10.3. The summed E-state index contributed by atoms with van der Waals surface area (Å²) in [4.78, 5) is 20.5. The summed E-state index contributed by atoms with van der Waals surface area (Å²) < 4.78 is 0. The standard InChI is InChI=1S/C16H21N3OS/c1-2-19-15(20)12-21-16(19)17-13-6-8-14(9-7-13)18-10-4-3-5-11-18/h6-9H,2-5,10-12H2,1H3. The number of amidine groups is 1. The van der Waals surface area contributed by atoms with Gasteiger partial charge >= 0.3 is 0 Å². The first kappa shape index (κ1) is 14.4. The van der Waals surface area contributed by atoms with Crippen LogP contribution in [0.3, 0.4) is 0 Å². The number of benzene rings is 1. The molecule has 2 aliphatic rings. The first-order valence-corrected chi connectivity index (χ1v) is 8.63. The van der Waals surface area contributed by atoms with E-state index in [1.807, 2.05) is 19.1 Å². The summed E-state index contributed by atoms with van der Waals surface area (Å²) in [6.07, 6.45) is 3.92. The average molecular weight is 303 g/mol. The molecule has 0 aliphatic carbocycles. The van der Waals surface area contributed by atoms with Crippen LogP contribution in [0.1, 0.15) is 26.2 Å². The van der Waals surface area contributed by atoms with Crippen LogP contribution in [0.2, 0.25) is 0 Å². The minimum Gasteiger partial charge on any atom is -0.372 e. The van der Waals surface area contributed by atoms with Crippen LogP contribution in [0, 0.1) is 0 Å². The lowest BCUT2D eigenvalue weighted by Gasteiger charge is -2.28. The van der Waals surface area contributed by atoms with Crippen molar-refractivity contribution in [2.24, 2.45) is 4.99 Å². The second-order valence-corrected chi connectivity index (χ2v) is 6.33. The molecule has 0 spiro atoms. The fourth-order valence-electron chi connectivity index (χ4n) is 2.79. The van der Waals surface area contributed by atoms with Crippen LogP contribution < -0.4 is 4.90 Å². The van der Waals surface area contributed by atoms with Crippen molar-refractivity contribution >= 4 is 34.2 Å². The summed E-state index contributed by atoms with van der Waals surface area (Å²) in [6, 6.07) is 8.38. The molecule has 3 rings (SSSR count). The Balaban J connectivity index is 1.73. The van der Waals surface area contributed by atoms with E-state index in [-0.39, 0.29) is 5.91 Å². The summed E-state index contributed by atoms with van der Waals surface area (Å²) in [6.45, 7) is 4.99. The Morgan fingerprint density at radius 2 is 1.86 bits per heavy atom. The maximum Gasteiger partial charge on any atom is 0.239 e. The third-order valence-corrected chi connectivity index (χ3v) is 4.93. The van der Waals surface area contributed by atoms with Crippen LogP contribution >= 0.6 is 11.8 Å². The van der Waals surface area contributed by atoms with E-state index in [1.165, 1.54) is 36.7 Å². The van der Waals surface area contributed by atoms with Crippen LogP contribution in [0.15, 0.2) is 29.3 Å². The Hall–Kier alpha value is -1.49. The molecule has 0 saturated carbocycles. The average Bonchev–Trinajstić information content (AvgIpc) is 2.89. The van der Waals surface area contributed by atoms with Crippen molar-refractivity contribution in [3.63, 3.8) is 0 Å². The maximum atomic E-state index is 11.7. The van der Waals surface area contributed by atoms with E-state index in [1.54, 1.807) is 4.90 Å². The third-order valence-electron chi connectivity index (χ3n) is 3.97. The molecule has 2 saturated heterocycles. The molecule has 1 aromatic carbocycles. The van der Waals surface area contributed by atoms with Crippen molar-refractivity contribution in [1.82, 2.24) is 4.90 Å². The zero-order valence-corrected chi connectivity index (χ0v) is 13.2. The zero-order valence-electron chi connectivity index (χ0n) is 12.4. The summed E-state index contributed by atoms with van der Waals surface area (Å²) in [5.74, 6) is 0.671. The van der Waals surface area contributed by atoms with Crippen molar-refractivity contribution in [2.75, 3.05) is 30.3 Å². The highest BCUT2D eigenvalue weighted by Crippen LogP contribution is 2.26. The van der Waals surface area contributed by atoms with Gasteiger partial charge in [0.25, 0.3) is 0 Å². The molecule has 0 unspecified atom stereocenters. The number of rotatable bonds is 3. The second-order valence-electron chi connectivity index (χ2n) is 5.39. The van der Waals surface area contributed by atoms with Gasteiger partial charge in [-0.25, -0.2) is 4.99 Å². The largest absolute Gasteiger partial charge is 0.372 e. The van der Waals surface area contributed by atoms with E-state index in [9.17, 15) is 4.79 Å². The fourth-order valence-corrected chi connectivity index (χ4v) is 3.76. The summed E-state index contributed by atoms with van der Waals surface area (Å²) >= 11 is 1.53. The lowest BCUT2D eigenvalue weighted by molar-refractivity contribution is -0.123. The number of aliphatic imine (C=N–C) groups is 1. The molecule has 0 N–H and O–H groups in total.